The van der Waals surface area contributed by atoms with Crippen LogP contribution in [0.1, 0.15) is 40.0 Å². The van der Waals surface area contributed by atoms with Crippen LogP contribution >= 0.6 is 7.92 Å². The Balaban J connectivity index is 1.79. The van der Waals surface area contributed by atoms with Crippen molar-refractivity contribution < 1.29 is 9.53 Å². The second-order valence-electron chi connectivity index (χ2n) is 8.31. The van der Waals surface area contributed by atoms with Crippen LogP contribution in [0.3, 0.4) is 0 Å². The molecule has 0 saturated heterocycles. The molecule has 4 heteroatoms. The minimum atomic E-state index is -0.774. The Morgan fingerprint density at radius 1 is 0.893 bits per heavy atom. The van der Waals surface area contributed by atoms with Crippen LogP contribution in [0.5, 0.6) is 0 Å². The van der Waals surface area contributed by atoms with E-state index in [1.165, 1.54) is 16.8 Å². The SMILES string of the molecule is CN(CCCCC(=O)OC(C)(C)C)CC[PH+](c1ccccc1)c1ccccc1. The third kappa shape index (κ3) is 8.54. The van der Waals surface area contributed by atoms with Gasteiger partial charge in [-0.3, -0.25) is 4.79 Å². The van der Waals surface area contributed by atoms with Gasteiger partial charge in [-0.1, -0.05) is 36.4 Å². The molecule has 2 aromatic rings. The van der Waals surface area contributed by atoms with Gasteiger partial charge in [0.2, 0.25) is 0 Å². The Kier molecular flexibility index (Phi) is 9.15. The van der Waals surface area contributed by atoms with Gasteiger partial charge in [0.25, 0.3) is 0 Å². The third-order valence-corrected chi connectivity index (χ3v) is 7.36. The van der Waals surface area contributed by atoms with E-state index in [0.29, 0.717) is 6.42 Å². The van der Waals surface area contributed by atoms with Crippen molar-refractivity contribution in [1.29, 1.82) is 0 Å². The first-order valence-electron chi connectivity index (χ1n) is 10.2. The number of benzene rings is 2. The quantitative estimate of drug-likeness (QED) is 0.338. The zero-order valence-corrected chi connectivity index (χ0v) is 18.8. The van der Waals surface area contributed by atoms with Gasteiger partial charge in [0.05, 0.1) is 24.7 Å². The molecule has 0 N–H and O–H groups in total. The molecule has 0 atom stereocenters. The van der Waals surface area contributed by atoms with E-state index in [1.54, 1.807) is 0 Å². The molecule has 0 aliphatic carbocycles. The van der Waals surface area contributed by atoms with Crippen LogP contribution in [0.15, 0.2) is 60.7 Å². The van der Waals surface area contributed by atoms with Gasteiger partial charge in [0.1, 0.15) is 5.60 Å². The number of hydrogen-bond acceptors (Lipinski definition) is 3. The van der Waals surface area contributed by atoms with Crippen molar-refractivity contribution in [3.05, 3.63) is 60.7 Å². The van der Waals surface area contributed by atoms with E-state index in [0.717, 1.165) is 25.9 Å². The molecule has 0 aliphatic heterocycles. The molecule has 0 heterocycles. The molecule has 0 saturated carbocycles. The van der Waals surface area contributed by atoms with Crippen molar-refractivity contribution >= 4 is 24.5 Å². The standard InChI is InChI=1S/C24H34NO2P/c1-24(2,3)27-23(26)17-11-12-18-25(4)19-20-28(21-13-7-5-8-14-21)22-15-9-6-10-16-22/h5-10,13-16H,11-12,17-20H2,1-4H3/p+1. The van der Waals surface area contributed by atoms with Crippen LogP contribution in [0, 0.1) is 0 Å². The Labute approximate surface area is 171 Å². The van der Waals surface area contributed by atoms with E-state index in [4.69, 9.17) is 4.74 Å². The monoisotopic (exact) mass is 400 g/mol. The van der Waals surface area contributed by atoms with Crippen molar-refractivity contribution in [2.45, 2.75) is 45.6 Å². The van der Waals surface area contributed by atoms with Gasteiger partial charge in [-0.2, -0.15) is 0 Å². The second-order valence-corrected chi connectivity index (χ2v) is 10.9. The maximum Gasteiger partial charge on any atom is 0.306 e. The molecule has 0 radical (unpaired) electrons. The van der Waals surface area contributed by atoms with Crippen molar-refractivity contribution in [3.8, 4) is 0 Å². The maximum atomic E-state index is 11.8. The molecule has 0 unspecified atom stereocenters. The summed E-state index contributed by atoms with van der Waals surface area (Å²) in [7, 11) is 1.41. The van der Waals surface area contributed by atoms with Gasteiger partial charge >= 0.3 is 5.97 Å². The summed E-state index contributed by atoms with van der Waals surface area (Å²) in [5, 5.41) is 2.94. The third-order valence-electron chi connectivity index (χ3n) is 4.58. The Morgan fingerprint density at radius 2 is 1.43 bits per heavy atom. The average molecular weight is 401 g/mol. The topological polar surface area (TPSA) is 29.5 Å². The number of ether oxygens (including phenoxy) is 1. The second kappa shape index (κ2) is 11.3. The van der Waals surface area contributed by atoms with E-state index in [9.17, 15) is 4.79 Å². The summed E-state index contributed by atoms with van der Waals surface area (Å²) in [6.07, 6.45) is 3.60. The molecule has 28 heavy (non-hydrogen) atoms. The van der Waals surface area contributed by atoms with E-state index in [2.05, 4.69) is 72.6 Å². The van der Waals surface area contributed by atoms with Gasteiger partial charge in [-0.25, -0.2) is 0 Å². The molecule has 0 spiro atoms. The maximum absolute atomic E-state index is 11.8. The molecule has 0 bridgehead atoms. The molecular weight excluding hydrogens is 365 g/mol. The van der Waals surface area contributed by atoms with Crippen LogP contribution in [-0.4, -0.2) is 42.8 Å². The highest BCUT2D eigenvalue weighted by Gasteiger charge is 2.22. The smallest absolute Gasteiger partial charge is 0.306 e. The first kappa shape index (κ1) is 22.6. The van der Waals surface area contributed by atoms with Crippen molar-refractivity contribution in [2.75, 3.05) is 26.3 Å². The molecule has 3 nitrogen and oxygen atoms in total. The van der Waals surface area contributed by atoms with Crippen LogP contribution in [0.4, 0.5) is 0 Å². The Bertz CT molecular complexity index is 658. The summed E-state index contributed by atoms with van der Waals surface area (Å²) in [6.45, 7) is 7.83. The molecule has 152 valence electrons. The average Bonchev–Trinajstić information content (AvgIpc) is 2.66. The van der Waals surface area contributed by atoms with Crippen LogP contribution in [-0.2, 0) is 9.53 Å². The summed E-state index contributed by atoms with van der Waals surface area (Å²) in [5.74, 6) is -0.0891. The molecule has 0 aliphatic rings. The van der Waals surface area contributed by atoms with E-state index < -0.39 is 7.92 Å². The fourth-order valence-corrected chi connectivity index (χ4v) is 5.90. The van der Waals surface area contributed by atoms with Gasteiger partial charge in [-0.15, -0.1) is 0 Å². The predicted octanol–water partition coefficient (Wildman–Crippen LogP) is 4.30. The predicted molar refractivity (Wildman–Crippen MR) is 123 cm³/mol. The van der Waals surface area contributed by atoms with Crippen LogP contribution in [0.25, 0.3) is 0 Å². The number of hydrogen-bond donors (Lipinski definition) is 0. The number of carbonyl (C=O) groups is 1. The minimum absolute atomic E-state index is 0.0891. The van der Waals surface area contributed by atoms with Crippen LogP contribution in [0.2, 0.25) is 0 Å². The fourth-order valence-electron chi connectivity index (χ4n) is 3.19. The van der Waals surface area contributed by atoms with Crippen LogP contribution < -0.4 is 10.6 Å². The first-order valence-corrected chi connectivity index (χ1v) is 11.9. The highest BCUT2D eigenvalue weighted by Crippen LogP contribution is 2.33. The van der Waals surface area contributed by atoms with Crippen molar-refractivity contribution in [1.82, 2.24) is 4.90 Å². The summed E-state index contributed by atoms with van der Waals surface area (Å²) in [6, 6.07) is 21.8. The van der Waals surface area contributed by atoms with Gasteiger partial charge in [0.15, 0.2) is 0 Å². The number of unbranched alkanes of at least 4 members (excludes halogenated alkanes) is 1. The number of nitrogens with zero attached hydrogens (tertiary/aromatic N) is 1. The van der Waals surface area contributed by atoms with E-state index in [1.807, 2.05) is 20.8 Å². The number of esters is 1. The summed E-state index contributed by atoms with van der Waals surface area (Å²) in [5.41, 5.74) is -0.388. The number of rotatable bonds is 10. The summed E-state index contributed by atoms with van der Waals surface area (Å²) in [4.78, 5) is 14.2. The van der Waals surface area contributed by atoms with Crippen molar-refractivity contribution in [2.24, 2.45) is 0 Å². The minimum Gasteiger partial charge on any atom is -0.460 e. The molecule has 0 aromatic heterocycles. The number of carbonyl (C=O) groups excluding carboxylic acids is 1. The molecule has 2 aromatic carbocycles. The van der Waals surface area contributed by atoms with E-state index >= 15 is 0 Å². The first-order chi connectivity index (χ1) is 13.3. The zero-order valence-electron chi connectivity index (χ0n) is 17.8. The lowest BCUT2D eigenvalue weighted by Gasteiger charge is -2.20. The summed E-state index contributed by atoms with van der Waals surface area (Å²) < 4.78 is 5.37. The highest BCUT2D eigenvalue weighted by atomic mass is 31.1. The molecule has 2 rings (SSSR count). The zero-order chi connectivity index (χ0) is 20.4. The van der Waals surface area contributed by atoms with Gasteiger partial charge in [0, 0.05) is 13.0 Å². The molecular formula is C24H35NO2P+. The lowest BCUT2D eigenvalue weighted by Crippen LogP contribution is -2.26. The molecule has 0 fully saturated rings. The van der Waals surface area contributed by atoms with Gasteiger partial charge in [-0.05, 0) is 71.5 Å². The normalized spacial score (nSPS) is 11.8. The Morgan fingerprint density at radius 3 is 1.93 bits per heavy atom. The lowest BCUT2D eigenvalue weighted by atomic mass is 10.2. The van der Waals surface area contributed by atoms with E-state index in [-0.39, 0.29) is 11.6 Å². The molecule has 0 amide bonds. The Hall–Kier alpha value is -1.70. The highest BCUT2D eigenvalue weighted by molar-refractivity contribution is 7.73. The van der Waals surface area contributed by atoms with Gasteiger partial charge < -0.3 is 9.64 Å². The largest absolute Gasteiger partial charge is 0.460 e. The summed E-state index contributed by atoms with van der Waals surface area (Å²) >= 11 is 0. The van der Waals surface area contributed by atoms with Crippen molar-refractivity contribution in [3.63, 3.8) is 0 Å². The lowest BCUT2D eigenvalue weighted by molar-refractivity contribution is -0.154. The fraction of sp³-hybridized carbons (Fsp3) is 0.458.